The van der Waals surface area contributed by atoms with E-state index < -0.39 is 5.24 Å². The summed E-state index contributed by atoms with van der Waals surface area (Å²) in [6.45, 7) is 3.57. The van der Waals surface area contributed by atoms with E-state index in [-0.39, 0.29) is 0 Å². The minimum Gasteiger partial charge on any atom is -0.496 e. The molecule has 94 valence electrons. The highest BCUT2D eigenvalue weighted by Gasteiger charge is 2.20. The molecule has 4 nitrogen and oxygen atoms in total. The predicted octanol–water partition coefficient (Wildman–Crippen LogP) is 3.35. The summed E-state index contributed by atoms with van der Waals surface area (Å²) < 4.78 is 10.2. The molecule has 1 aromatic heterocycles. The van der Waals surface area contributed by atoms with Crippen molar-refractivity contribution in [2.24, 2.45) is 0 Å². The van der Waals surface area contributed by atoms with E-state index in [0.717, 1.165) is 16.9 Å². The Hall–Kier alpha value is -1.81. The third kappa shape index (κ3) is 2.11. The smallest absolute Gasteiger partial charge is 0.258 e. The number of methoxy groups -OCH3 is 1. The summed E-state index contributed by atoms with van der Waals surface area (Å²) in [5, 5.41) is 3.31. The van der Waals surface area contributed by atoms with Crippen LogP contribution in [0.1, 0.15) is 21.7 Å². The molecule has 2 rings (SSSR count). The monoisotopic (exact) mass is 265 g/mol. The number of benzene rings is 1. The Labute approximate surface area is 109 Å². The van der Waals surface area contributed by atoms with Crippen LogP contribution in [0.5, 0.6) is 5.75 Å². The molecule has 1 aromatic carbocycles. The maximum absolute atomic E-state index is 11.4. The Morgan fingerprint density at radius 3 is 2.67 bits per heavy atom. The minimum atomic E-state index is -0.572. The van der Waals surface area contributed by atoms with Gasteiger partial charge in [-0.2, -0.15) is 0 Å². The van der Waals surface area contributed by atoms with Crippen LogP contribution in [0.3, 0.4) is 0 Å². The van der Waals surface area contributed by atoms with Crippen molar-refractivity contribution in [3.63, 3.8) is 0 Å². The molecule has 0 unspecified atom stereocenters. The Balaban J connectivity index is 2.56. The van der Waals surface area contributed by atoms with Gasteiger partial charge in [0.05, 0.1) is 7.11 Å². The standard InChI is InChI=1S/C13H12ClNO3/c1-7-6-9(4-5-10(7)17-3)12-11(13(14)16)8(2)18-15-12/h4-6H,1-3H3. The van der Waals surface area contributed by atoms with Crippen LogP contribution in [-0.4, -0.2) is 17.5 Å². The van der Waals surface area contributed by atoms with Crippen LogP contribution in [0.4, 0.5) is 0 Å². The summed E-state index contributed by atoms with van der Waals surface area (Å²) in [7, 11) is 1.61. The number of aryl methyl sites for hydroxylation is 2. The molecule has 0 aliphatic rings. The van der Waals surface area contributed by atoms with E-state index in [4.69, 9.17) is 20.9 Å². The van der Waals surface area contributed by atoms with Gasteiger partial charge in [-0.1, -0.05) is 5.16 Å². The highest BCUT2D eigenvalue weighted by molar-refractivity contribution is 6.68. The number of carbonyl (C=O) groups is 1. The van der Waals surface area contributed by atoms with Gasteiger partial charge >= 0.3 is 0 Å². The zero-order valence-electron chi connectivity index (χ0n) is 10.3. The zero-order valence-corrected chi connectivity index (χ0v) is 11.0. The fourth-order valence-corrected chi connectivity index (χ4v) is 2.05. The van der Waals surface area contributed by atoms with E-state index in [1.165, 1.54) is 0 Å². The molecule has 0 N–H and O–H groups in total. The lowest BCUT2D eigenvalue weighted by atomic mass is 10.0. The highest BCUT2D eigenvalue weighted by atomic mass is 35.5. The van der Waals surface area contributed by atoms with Crippen LogP contribution in [0, 0.1) is 13.8 Å². The fourth-order valence-electron chi connectivity index (χ4n) is 1.83. The Kier molecular flexibility index (Phi) is 3.39. The van der Waals surface area contributed by atoms with Crippen molar-refractivity contribution in [3.8, 4) is 17.0 Å². The third-order valence-electron chi connectivity index (χ3n) is 2.73. The molecule has 0 bridgehead atoms. The number of rotatable bonds is 3. The molecule has 0 aliphatic heterocycles. The first-order valence-corrected chi connectivity index (χ1v) is 5.73. The van der Waals surface area contributed by atoms with Crippen LogP contribution in [0.2, 0.25) is 0 Å². The molecular weight excluding hydrogens is 254 g/mol. The summed E-state index contributed by atoms with van der Waals surface area (Å²) >= 11 is 5.54. The summed E-state index contributed by atoms with van der Waals surface area (Å²) in [5.74, 6) is 1.19. The molecule has 1 heterocycles. The molecule has 2 aromatic rings. The normalized spacial score (nSPS) is 10.4. The molecule has 0 amide bonds. The van der Waals surface area contributed by atoms with Gasteiger partial charge in [0.2, 0.25) is 0 Å². The first kappa shape index (κ1) is 12.6. The van der Waals surface area contributed by atoms with Crippen molar-refractivity contribution in [3.05, 3.63) is 35.1 Å². The number of aromatic nitrogens is 1. The number of halogens is 1. The van der Waals surface area contributed by atoms with Gasteiger partial charge in [-0.05, 0) is 49.2 Å². The van der Waals surface area contributed by atoms with E-state index >= 15 is 0 Å². The lowest BCUT2D eigenvalue weighted by Crippen LogP contribution is -1.94. The van der Waals surface area contributed by atoms with Crippen molar-refractivity contribution in [2.45, 2.75) is 13.8 Å². The molecule has 0 saturated carbocycles. The summed E-state index contributed by atoms with van der Waals surface area (Å²) in [5.41, 5.74) is 2.48. The van der Waals surface area contributed by atoms with E-state index in [2.05, 4.69) is 5.16 Å². The topological polar surface area (TPSA) is 52.3 Å². The number of ether oxygens (including phenoxy) is 1. The van der Waals surface area contributed by atoms with Crippen molar-refractivity contribution in [2.75, 3.05) is 7.11 Å². The van der Waals surface area contributed by atoms with Gasteiger partial charge in [0.25, 0.3) is 5.24 Å². The SMILES string of the molecule is COc1ccc(-c2noc(C)c2C(=O)Cl)cc1C. The van der Waals surface area contributed by atoms with Crippen molar-refractivity contribution in [1.82, 2.24) is 5.16 Å². The van der Waals surface area contributed by atoms with Gasteiger partial charge in [-0.25, -0.2) is 0 Å². The van der Waals surface area contributed by atoms with E-state index in [9.17, 15) is 4.79 Å². The lowest BCUT2D eigenvalue weighted by Gasteiger charge is -2.06. The van der Waals surface area contributed by atoms with E-state index in [0.29, 0.717) is 17.0 Å². The first-order valence-electron chi connectivity index (χ1n) is 5.35. The number of carbonyl (C=O) groups excluding carboxylic acids is 1. The average Bonchev–Trinajstić information content (AvgIpc) is 2.71. The molecule has 0 atom stereocenters. The third-order valence-corrected chi connectivity index (χ3v) is 2.92. The van der Waals surface area contributed by atoms with Gasteiger partial charge in [-0.15, -0.1) is 0 Å². The molecule has 0 saturated heterocycles. The first-order chi connectivity index (χ1) is 8.54. The number of hydrogen-bond donors (Lipinski definition) is 0. The van der Waals surface area contributed by atoms with Gasteiger partial charge in [0, 0.05) is 5.56 Å². The summed E-state index contributed by atoms with van der Waals surface area (Å²) in [6, 6.07) is 5.50. The Bertz CT molecular complexity index is 604. The maximum Gasteiger partial charge on any atom is 0.258 e. The van der Waals surface area contributed by atoms with Crippen molar-refractivity contribution < 1.29 is 14.1 Å². The van der Waals surface area contributed by atoms with Gasteiger partial charge in [0.1, 0.15) is 22.8 Å². The predicted molar refractivity (Wildman–Crippen MR) is 68.1 cm³/mol. The molecule has 0 radical (unpaired) electrons. The number of hydrogen-bond acceptors (Lipinski definition) is 4. The minimum absolute atomic E-state index is 0.307. The largest absolute Gasteiger partial charge is 0.496 e. The van der Waals surface area contributed by atoms with Gasteiger partial charge < -0.3 is 9.26 Å². The van der Waals surface area contributed by atoms with Crippen LogP contribution >= 0.6 is 11.6 Å². The van der Waals surface area contributed by atoms with Crippen molar-refractivity contribution >= 4 is 16.8 Å². The summed E-state index contributed by atoms with van der Waals surface area (Å²) in [6.07, 6.45) is 0. The quantitative estimate of drug-likeness (QED) is 0.799. The fraction of sp³-hybridized carbons (Fsp3) is 0.231. The zero-order chi connectivity index (χ0) is 13.3. The second-order valence-corrected chi connectivity index (χ2v) is 4.26. The Morgan fingerprint density at radius 1 is 1.39 bits per heavy atom. The second kappa shape index (κ2) is 4.82. The molecule has 0 spiro atoms. The van der Waals surface area contributed by atoms with Crippen molar-refractivity contribution in [1.29, 1.82) is 0 Å². The molecule has 5 heteroatoms. The average molecular weight is 266 g/mol. The maximum atomic E-state index is 11.4. The van der Waals surface area contributed by atoms with Crippen LogP contribution < -0.4 is 4.74 Å². The molecule has 0 fully saturated rings. The molecular formula is C13H12ClNO3. The molecule has 18 heavy (non-hydrogen) atoms. The second-order valence-electron chi connectivity index (χ2n) is 3.92. The van der Waals surface area contributed by atoms with E-state index in [1.807, 2.05) is 25.1 Å². The lowest BCUT2D eigenvalue weighted by molar-refractivity contribution is 0.108. The van der Waals surface area contributed by atoms with E-state index in [1.54, 1.807) is 14.0 Å². The summed E-state index contributed by atoms with van der Waals surface area (Å²) in [4.78, 5) is 11.4. The van der Waals surface area contributed by atoms with Crippen LogP contribution in [0.25, 0.3) is 11.3 Å². The highest BCUT2D eigenvalue weighted by Crippen LogP contribution is 2.29. The Morgan fingerprint density at radius 2 is 2.11 bits per heavy atom. The van der Waals surface area contributed by atoms with Gasteiger partial charge in [0.15, 0.2) is 0 Å². The van der Waals surface area contributed by atoms with Crippen LogP contribution in [-0.2, 0) is 0 Å². The van der Waals surface area contributed by atoms with Crippen LogP contribution in [0.15, 0.2) is 22.7 Å². The molecule has 0 aliphatic carbocycles. The number of nitrogens with zero attached hydrogens (tertiary/aromatic N) is 1. The van der Waals surface area contributed by atoms with Gasteiger partial charge in [-0.3, -0.25) is 4.79 Å².